The van der Waals surface area contributed by atoms with Gasteiger partial charge in [0.15, 0.2) is 0 Å². The number of hydrogen-bond acceptors (Lipinski definition) is 4. The van der Waals surface area contributed by atoms with Gasteiger partial charge in [-0.3, -0.25) is 14.6 Å². The van der Waals surface area contributed by atoms with Crippen molar-refractivity contribution in [2.45, 2.75) is 12.5 Å². The summed E-state index contributed by atoms with van der Waals surface area (Å²) in [5.41, 5.74) is 6.54. The summed E-state index contributed by atoms with van der Waals surface area (Å²) in [4.78, 5) is 24.1. The molecule has 1 unspecified atom stereocenters. The number of benzene rings is 2. The van der Waals surface area contributed by atoms with Crippen LogP contribution in [0, 0.1) is 5.82 Å². The van der Waals surface area contributed by atoms with Crippen LogP contribution in [0.4, 0.5) is 15.8 Å². The number of hydrogen-bond donors (Lipinski definition) is 2. The molecular weight excluding hydrogens is 347 g/mol. The van der Waals surface area contributed by atoms with Crippen molar-refractivity contribution in [3.63, 3.8) is 0 Å². The molecule has 0 aliphatic carbocycles. The van der Waals surface area contributed by atoms with Crippen LogP contribution >= 0.6 is 11.6 Å². The predicted molar refractivity (Wildman–Crippen MR) is 94.0 cm³/mol. The number of nitrogens with zero attached hydrogens (tertiary/aromatic N) is 2. The van der Waals surface area contributed by atoms with Gasteiger partial charge in [-0.25, -0.2) is 4.39 Å². The number of rotatable bonds is 4. The minimum absolute atomic E-state index is 0.0547. The van der Waals surface area contributed by atoms with Gasteiger partial charge in [-0.05, 0) is 42.5 Å². The molecule has 0 fully saturated rings. The summed E-state index contributed by atoms with van der Waals surface area (Å²) in [6, 6.07) is 11.3. The van der Waals surface area contributed by atoms with Crippen LogP contribution in [0.2, 0.25) is 5.02 Å². The van der Waals surface area contributed by atoms with E-state index in [1.54, 1.807) is 24.3 Å². The zero-order chi connectivity index (χ0) is 18.0. The molecule has 3 N–H and O–H groups in total. The van der Waals surface area contributed by atoms with E-state index in [2.05, 4.69) is 10.4 Å². The molecule has 1 aliphatic heterocycles. The Kier molecular flexibility index (Phi) is 4.67. The second kappa shape index (κ2) is 6.90. The fourth-order valence-electron chi connectivity index (χ4n) is 2.47. The van der Waals surface area contributed by atoms with E-state index in [4.69, 9.17) is 17.3 Å². The highest BCUT2D eigenvalue weighted by molar-refractivity contribution is 6.44. The lowest BCUT2D eigenvalue weighted by Crippen LogP contribution is -2.39. The van der Waals surface area contributed by atoms with Gasteiger partial charge in [0.2, 0.25) is 5.91 Å². The van der Waals surface area contributed by atoms with Crippen LogP contribution in [-0.2, 0) is 9.59 Å². The molecular formula is C17H14ClFN4O2. The van der Waals surface area contributed by atoms with E-state index >= 15 is 0 Å². The van der Waals surface area contributed by atoms with Crippen LogP contribution in [0.1, 0.15) is 6.42 Å². The lowest BCUT2D eigenvalue weighted by molar-refractivity contribution is -0.119. The smallest absolute Gasteiger partial charge is 0.271 e. The highest BCUT2D eigenvalue weighted by atomic mass is 35.5. The molecule has 0 saturated carbocycles. The van der Waals surface area contributed by atoms with Crippen molar-refractivity contribution in [3.05, 3.63) is 59.4 Å². The van der Waals surface area contributed by atoms with Crippen molar-refractivity contribution in [1.29, 1.82) is 0 Å². The van der Waals surface area contributed by atoms with Gasteiger partial charge in [0.1, 0.15) is 17.6 Å². The van der Waals surface area contributed by atoms with Crippen LogP contribution in [0.15, 0.2) is 53.6 Å². The number of amides is 2. The second-order valence-corrected chi connectivity index (χ2v) is 5.89. The number of carbonyl (C=O) groups is 2. The molecule has 0 bridgehead atoms. The highest BCUT2D eigenvalue weighted by Crippen LogP contribution is 2.25. The summed E-state index contributed by atoms with van der Waals surface area (Å²) >= 11 is 5.89. The van der Waals surface area contributed by atoms with Crippen LogP contribution in [0.25, 0.3) is 0 Å². The Hall–Kier alpha value is -2.93. The summed E-state index contributed by atoms with van der Waals surface area (Å²) in [5, 5.41) is 8.67. The average molecular weight is 361 g/mol. The molecule has 128 valence electrons. The Morgan fingerprint density at radius 1 is 1.24 bits per heavy atom. The summed E-state index contributed by atoms with van der Waals surface area (Å²) < 4.78 is 13.1. The van der Waals surface area contributed by atoms with E-state index in [0.717, 1.165) is 0 Å². The maximum atomic E-state index is 13.1. The Morgan fingerprint density at radius 2 is 1.96 bits per heavy atom. The highest BCUT2D eigenvalue weighted by Gasteiger charge is 2.35. The first-order valence-corrected chi connectivity index (χ1v) is 7.80. The third-order valence-electron chi connectivity index (χ3n) is 3.67. The summed E-state index contributed by atoms with van der Waals surface area (Å²) in [6.07, 6.45) is 0.0547. The van der Waals surface area contributed by atoms with Gasteiger partial charge in [-0.1, -0.05) is 17.7 Å². The Morgan fingerprint density at radius 3 is 2.60 bits per heavy atom. The summed E-state index contributed by atoms with van der Waals surface area (Å²) in [6.45, 7) is 0. The van der Waals surface area contributed by atoms with Gasteiger partial charge in [0, 0.05) is 17.1 Å². The van der Waals surface area contributed by atoms with Crippen molar-refractivity contribution in [2.24, 2.45) is 10.8 Å². The van der Waals surface area contributed by atoms with Crippen LogP contribution in [0.3, 0.4) is 0 Å². The topological polar surface area (TPSA) is 87.8 Å². The SMILES string of the molecule is NC(=O)C1CC(C(=O)Nc2cccc(Cl)c2)=NN1c1ccc(F)cc1. The summed E-state index contributed by atoms with van der Waals surface area (Å²) in [7, 11) is 0. The van der Waals surface area contributed by atoms with E-state index in [0.29, 0.717) is 16.4 Å². The van der Waals surface area contributed by atoms with Crippen molar-refractivity contribution >= 4 is 40.5 Å². The molecule has 3 rings (SSSR count). The zero-order valence-electron chi connectivity index (χ0n) is 12.9. The third kappa shape index (κ3) is 3.77. The minimum Gasteiger partial charge on any atom is -0.368 e. The summed E-state index contributed by atoms with van der Waals surface area (Å²) in [5.74, 6) is -1.50. The van der Waals surface area contributed by atoms with Crippen molar-refractivity contribution in [2.75, 3.05) is 10.3 Å². The molecule has 1 heterocycles. The van der Waals surface area contributed by atoms with Gasteiger partial charge in [0.25, 0.3) is 5.91 Å². The average Bonchev–Trinajstić information content (AvgIpc) is 3.01. The monoisotopic (exact) mass is 360 g/mol. The van der Waals surface area contributed by atoms with E-state index in [1.807, 2.05) is 0 Å². The number of nitrogens with two attached hydrogens (primary N) is 1. The van der Waals surface area contributed by atoms with Crippen LogP contribution in [-0.4, -0.2) is 23.6 Å². The van der Waals surface area contributed by atoms with Gasteiger partial charge in [0.05, 0.1) is 5.69 Å². The molecule has 2 amide bonds. The van der Waals surface area contributed by atoms with Crippen molar-refractivity contribution in [3.8, 4) is 0 Å². The van der Waals surface area contributed by atoms with Gasteiger partial charge in [-0.2, -0.15) is 5.10 Å². The number of hydrazone groups is 1. The molecule has 2 aromatic rings. The predicted octanol–water partition coefficient (Wildman–Crippen LogP) is 2.54. The van der Waals surface area contributed by atoms with Gasteiger partial charge >= 0.3 is 0 Å². The molecule has 25 heavy (non-hydrogen) atoms. The first-order valence-electron chi connectivity index (χ1n) is 7.42. The Bertz CT molecular complexity index is 854. The number of carbonyl (C=O) groups excluding carboxylic acids is 2. The van der Waals surface area contributed by atoms with Crippen LogP contribution < -0.4 is 16.1 Å². The normalized spacial score (nSPS) is 16.5. The van der Waals surface area contributed by atoms with Gasteiger partial charge < -0.3 is 11.1 Å². The zero-order valence-corrected chi connectivity index (χ0v) is 13.7. The molecule has 0 aromatic heterocycles. The molecule has 2 aromatic carbocycles. The Labute approximate surface area is 148 Å². The maximum Gasteiger partial charge on any atom is 0.271 e. The van der Waals surface area contributed by atoms with Crippen LogP contribution in [0.5, 0.6) is 0 Å². The standard InChI is InChI=1S/C17H14ClFN4O2/c18-10-2-1-3-12(8-10)21-17(25)14-9-15(16(20)24)23(22-14)13-6-4-11(19)5-7-13/h1-8,15H,9H2,(H2,20,24)(H,21,25). The maximum absolute atomic E-state index is 13.1. The lowest BCUT2D eigenvalue weighted by atomic mass is 10.1. The molecule has 0 spiro atoms. The number of nitrogens with one attached hydrogen (secondary N) is 1. The molecule has 8 heteroatoms. The molecule has 0 radical (unpaired) electrons. The lowest BCUT2D eigenvalue weighted by Gasteiger charge is -2.20. The first kappa shape index (κ1) is 16.9. The van der Waals surface area contributed by atoms with E-state index in [-0.39, 0.29) is 12.1 Å². The fourth-order valence-corrected chi connectivity index (χ4v) is 2.66. The number of primary amides is 1. The second-order valence-electron chi connectivity index (χ2n) is 5.45. The van der Waals surface area contributed by atoms with Crippen molar-refractivity contribution < 1.29 is 14.0 Å². The van der Waals surface area contributed by atoms with E-state index < -0.39 is 23.7 Å². The van der Waals surface area contributed by atoms with E-state index in [9.17, 15) is 14.0 Å². The third-order valence-corrected chi connectivity index (χ3v) is 3.91. The largest absolute Gasteiger partial charge is 0.368 e. The first-order chi connectivity index (χ1) is 11.9. The van der Waals surface area contributed by atoms with E-state index in [1.165, 1.54) is 29.3 Å². The quantitative estimate of drug-likeness (QED) is 0.878. The van der Waals surface area contributed by atoms with Gasteiger partial charge in [-0.15, -0.1) is 0 Å². The minimum atomic E-state index is -0.814. The molecule has 1 aliphatic rings. The fraction of sp³-hybridized carbons (Fsp3) is 0.118. The number of halogens is 2. The molecule has 6 nitrogen and oxygen atoms in total. The molecule has 1 atom stereocenters. The Balaban J connectivity index is 1.83. The number of anilines is 2. The molecule has 0 saturated heterocycles. The van der Waals surface area contributed by atoms with Crippen molar-refractivity contribution in [1.82, 2.24) is 0 Å².